The minimum absolute atomic E-state index is 0.0342. The van der Waals surface area contributed by atoms with Crippen LogP contribution in [0.15, 0.2) is 114 Å². The molecule has 0 atom stereocenters. The normalized spacial score (nSPS) is 11.2. The Labute approximate surface area is 250 Å². The average Bonchev–Trinajstić information content (AvgIpc) is 3.62. The van der Waals surface area contributed by atoms with Crippen molar-refractivity contribution in [1.29, 1.82) is 0 Å². The maximum absolute atomic E-state index is 13.6. The molecule has 0 fully saturated rings. The van der Waals surface area contributed by atoms with Gasteiger partial charge in [-0.1, -0.05) is 41.9 Å². The fourth-order valence-electron chi connectivity index (χ4n) is 4.65. The van der Waals surface area contributed by atoms with Gasteiger partial charge in [0.05, 0.1) is 29.2 Å². The van der Waals surface area contributed by atoms with Crippen LogP contribution in [-0.4, -0.2) is 28.6 Å². The number of halogens is 2. The highest BCUT2D eigenvalue weighted by Crippen LogP contribution is 2.34. The van der Waals surface area contributed by atoms with Gasteiger partial charge in [-0.15, -0.1) is 0 Å². The summed E-state index contributed by atoms with van der Waals surface area (Å²) in [6, 6.07) is 27.2. The van der Waals surface area contributed by atoms with Crippen LogP contribution in [0, 0.1) is 5.82 Å². The third kappa shape index (κ3) is 5.68. The van der Waals surface area contributed by atoms with E-state index in [1.54, 1.807) is 65.5 Å². The van der Waals surface area contributed by atoms with Crippen LogP contribution in [-0.2, 0) is 4.79 Å². The molecule has 0 aliphatic rings. The van der Waals surface area contributed by atoms with Gasteiger partial charge in [0.2, 0.25) is 11.7 Å². The number of furan rings is 1. The number of nitrogens with one attached hydrogen (secondary N) is 1. The van der Waals surface area contributed by atoms with Crippen molar-refractivity contribution in [3.8, 4) is 22.7 Å². The minimum Gasteiger partial charge on any atom is -0.495 e. The summed E-state index contributed by atoms with van der Waals surface area (Å²) in [5, 5.41) is 8.35. The maximum Gasteiger partial charge on any atom is 0.248 e. The fraction of sp³-hybridized carbons (Fsp3) is 0.0294. The molecule has 0 bridgehead atoms. The largest absolute Gasteiger partial charge is 0.495 e. The van der Waals surface area contributed by atoms with Gasteiger partial charge in [0.15, 0.2) is 5.76 Å². The highest BCUT2D eigenvalue weighted by atomic mass is 35.5. The van der Waals surface area contributed by atoms with Gasteiger partial charge in [-0.3, -0.25) is 9.59 Å². The average molecular weight is 592 g/mol. The van der Waals surface area contributed by atoms with Gasteiger partial charge in [-0.25, -0.2) is 9.07 Å². The molecule has 212 valence electrons. The van der Waals surface area contributed by atoms with E-state index in [-0.39, 0.29) is 27.9 Å². The van der Waals surface area contributed by atoms with Crippen LogP contribution in [0.4, 0.5) is 10.1 Å². The lowest BCUT2D eigenvalue weighted by molar-refractivity contribution is -0.111. The smallest absolute Gasteiger partial charge is 0.248 e. The summed E-state index contributed by atoms with van der Waals surface area (Å²) in [5.74, 6) is -0.920. The van der Waals surface area contributed by atoms with Crippen LogP contribution >= 0.6 is 11.6 Å². The SMILES string of the molecule is COc1ccc(C(=O)c2oc3ccccc3c2NC(=O)/C=C/c2cn(-c3ccccc3)nc2-c2ccc(F)cc2)cc1Cl. The molecule has 1 N–H and O–H groups in total. The summed E-state index contributed by atoms with van der Waals surface area (Å²) in [5.41, 5.74) is 3.65. The van der Waals surface area contributed by atoms with Gasteiger partial charge >= 0.3 is 0 Å². The molecule has 0 saturated heterocycles. The lowest BCUT2D eigenvalue weighted by atomic mass is 10.1. The van der Waals surface area contributed by atoms with E-state index in [2.05, 4.69) is 5.32 Å². The Morgan fingerprint density at radius 3 is 2.47 bits per heavy atom. The summed E-state index contributed by atoms with van der Waals surface area (Å²) < 4.78 is 26.4. The molecule has 0 unspecified atom stereocenters. The van der Waals surface area contributed by atoms with Crippen molar-refractivity contribution in [3.05, 3.63) is 137 Å². The van der Waals surface area contributed by atoms with Gasteiger partial charge in [-0.2, -0.15) is 5.10 Å². The standard InChI is InChI=1S/C34H23ClFN3O4/c1-42-29-17-13-22(19-27(29)35)33(41)34-32(26-9-5-6-10-28(26)43-34)37-30(40)18-14-23-20-39(25-7-3-2-4-8-25)38-31(23)21-11-15-24(36)16-12-21/h2-20H,1H3,(H,37,40)/b18-14+. The van der Waals surface area contributed by atoms with Crippen LogP contribution < -0.4 is 10.1 Å². The molecular formula is C34H23ClFN3O4. The molecule has 9 heteroatoms. The first-order valence-electron chi connectivity index (χ1n) is 13.2. The number of amides is 1. The highest BCUT2D eigenvalue weighted by molar-refractivity contribution is 6.32. The van der Waals surface area contributed by atoms with Crippen LogP contribution in [0.2, 0.25) is 5.02 Å². The fourth-order valence-corrected chi connectivity index (χ4v) is 4.91. The van der Waals surface area contributed by atoms with E-state index in [0.717, 1.165) is 5.69 Å². The zero-order valence-electron chi connectivity index (χ0n) is 22.8. The zero-order valence-corrected chi connectivity index (χ0v) is 23.5. The Balaban J connectivity index is 1.34. The van der Waals surface area contributed by atoms with Crippen molar-refractivity contribution in [1.82, 2.24) is 9.78 Å². The second-order valence-electron chi connectivity index (χ2n) is 9.52. The third-order valence-electron chi connectivity index (χ3n) is 6.76. The Kier molecular flexibility index (Phi) is 7.59. The van der Waals surface area contributed by atoms with Crippen LogP contribution in [0.3, 0.4) is 0 Å². The number of carbonyl (C=O) groups excluding carboxylic acids is 2. The van der Waals surface area contributed by atoms with Gasteiger partial charge in [-0.05, 0) is 72.8 Å². The molecule has 0 aliphatic carbocycles. The Morgan fingerprint density at radius 1 is 0.977 bits per heavy atom. The molecule has 1 amide bonds. The first-order chi connectivity index (χ1) is 20.9. The molecule has 2 heterocycles. The van der Waals surface area contributed by atoms with E-state index in [9.17, 15) is 14.0 Å². The number of rotatable bonds is 8. The lowest BCUT2D eigenvalue weighted by Crippen LogP contribution is -2.11. The van der Waals surface area contributed by atoms with Gasteiger partial charge in [0.25, 0.3) is 0 Å². The van der Waals surface area contributed by atoms with Crippen LogP contribution in [0.25, 0.3) is 34.0 Å². The summed E-state index contributed by atoms with van der Waals surface area (Å²) in [4.78, 5) is 26.8. The summed E-state index contributed by atoms with van der Waals surface area (Å²) in [7, 11) is 1.48. The number of nitrogens with zero attached hydrogens (tertiary/aromatic N) is 2. The Morgan fingerprint density at radius 2 is 1.72 bits per heavy atom. The highest BCUT2D eigenvalue weighted by Gasteiger charge is 2.24. The van der Waals surface area contributed by atoms with Crippen molar-refractivity contribution < 1.29 is 23.1 Å². The number of ether oxygens (including phenoxy) is 1. The van der Waals surface area contributed by atoms with Gasteiger partial charge in [0, 0.05) is 34.3 Å². The van der Waals surface area contributed by atoms with Gasteiger partial charge in [0.1, 0.15) is 17.1 Å². The van der Waals surface area contributed by atoms with Crippen LogP contribution in [0.1, 0.15) is 21.7 Å². The maximum atomic E-state index is 13.6. The van der Waals surface area contributed by atoms with Crippen molar-refractivity contribution in [2.75, 3.05) is 12.4 Å². The zero-order chi connectivity index (χ0) is 29.9. The molecule has 6 rings (SSSR count). The number of anilines is 1. The van der Waals surface area contributed by atoms with Crippen molar-refractivity contribution in [2.24, 2.45) is 0 Å². The molecule has 0 saturated carbocycles. The molecular weight excluding hydrogens is 569 g/mol. The molecule has 0 radical (unpaired) electrons. The van der Waals surface area contributed by atoms with Crippen molar-refractivity contribution in [2.45, 2.75) is 0 Å². The predicted octanol–water partition coefficient (Wildman–Crippen LogP) is 7.97. The number of para-hydroxylation sites is 2. The monoisotopic (exact) mass is 591 g/mol. The predicted molar refractivity (Wildman–Crippen MR) is 164 cm³/mol. The van der Waals surface area contributed by atoms with Crippen LogP contribution in [0.5, 0.6) is 5.75 Å². The summed E-state index contributed by atoms with van der Waals surface area (Å²) >= 11 is 6.26. The van der Waals surface area contributed by atoms with Crippen molar-refractivity contribution >= 4 is 46.0 Å². The number of hydrogen-bond donors (Lipinski definition) is 1. The number of carbonyl (C=O) groups is 2. The van der Waals surface area contributed by atoms with Crippen molar-refractivity contribution in [3.63, 3.8) is 0 Å². The molecule has 7 nitrogen and oxygen atoms in total. The van der Waals surface area contributed by atoms with E-state index in [1.807, 2.05) is 30.3 Å². The first-order valence-corrected chi connectivity index (χ1v) is 13.6. The van der Waals surface area contributed by atoms with E-state index in [0.29, 0.717) is 33.5 Å². The lowest BCUT2D eigenvalue weighted by Gasteiger charge is -2.06. The number of fused-ring (bicyclic) bond motifs is 1. The van der Waals surface area contributed by atoms with Gasteiger partial charge < -0.3 is 14.5 Å². The topological polar surface area (TPSA) is 86.4 Å². The molecule has 0 aliphatic heterocycles. The Hall–Kier alpha value is -5.47. The quantitative estimate of drug-likeness (QED) is 0.143. The minimum atomic E-state index is -0.495. The molecule has 43 heavy (non-hydrogen) atoms. The first kappa shape index (κ1) is 27.7. The Bertz CT molecular complexity index is 2000. The molecule has 2 aromatic heterocycles. The number of aromatic nitrogens is 2. The third-order valence-corrected chi connectivity index (χ3v) is 7.05. The second-order valence-corrected chi connectivity index (χ2v) is 9.93. The second kappa shape index (κ2) is 11.8. The molecule has 6 aromatic rings. The molecule has 4 aromatic carbocycles. The summed E-state index contributed by atoms with van der Waals surface area (Å²) in [6.07, 6.45) is 4.75. The molecule has 0 spiro atoms. The number of ketones is 1. The van der Waals surface area contributed by atoms with E-state index in [1.165, 1.54) is 31.4 Å². The number of benzene rings is 4. The number of methoxy groups -OCH3 is 1. The summed E-state index contributed by atoms with van der Waals surface area (Å²) in [6.45, 7) is 0. The van der Waals surface area contributed by atoms with E-state index >= 15 is 0 Å². The van der Waals surface area contributed by atoms with E-state index in [4.69, 9.17) is 25.9 Å². The van der Waals surface area contributed by atoms with E-state index < -0.39 is 11.7 Å². The number of hydrogen-bond acceptors (Lipinski definition) is 5.